The molecule has 0 aliphatic heterocycles. The summed E-state index contributed by atoms with van der Waals surface area (Å²) < 4.78 is 12.9. The van der Waals surface area contributed by atoms with Gasteiger partial charge < -0.3 is 9.47 Å². The quantitative estimate of drug-likeness (QED) is 0.315. The van der Waals surface area contributed by atoms with Crippen molar-refractivity contribution < 1.29 is 9.47 Å². The van der Waals surface area contributed by atoms with E-state index < -0.39 is 0 Å². The van der Waals surface area contributed by atoms with E-state index in [2.05, 4.69) is 0 Å². The van der Waals surface area contributed by atoms with Crippen LogP contribution in [-0.4, -0.2) is 35.6 Å². The minimum atomic E-state index is 0.0729. The van der Waals surface area contributed by atoms with E-state index in [1.165, 1.54) is 10.4 Å². The van der Waals surface area contributed by atoms with Crippen molar-refractivity contribution in [2.75, 3.05) is 26.1 Å². The second-order valence-electron chi connectivity index (χ2n) is 6.84. The number of thiophene rings is 1. The monoisotopic (exact) mass is 416 g/mol. The first-order valence-electron chi connectivity index (χ1n) is 9.54. The summed E-state index contributed by atoms with van der Waals surface area (Å²) in [6.07, 6.45) is 3.20. The second kappa shape index (κ2) is 8.68. The zero-order chi connectivity index (χ0) is 19.5. The molecule has 28 heavy (non-hydrogen) atoms. The summed E-state index contributed by atoms with van der Waals surface area (Å²) in [7, 11) is 1.65. The number of ether oxygens (including phenoxy) is 2. The van der Waals surface area contributed by atoms with Crippen LogP contribution in [0.5, 0.6) is 5.75 Å². The summed E-state index contributed by atoms with van der Waals surface area (Å²) in [6, 6.07) is 7.99. The molecule has 0 atom stereocenters. The second-order valence-corrected chi connectivity index (χ2v) is 8.99. The number of rotatable bonds is 8. The normalized spacial score (nSPS) is 13.2. The van der Waals surface area contributed by atoms with Gasteiger partial charge in [-0.25, -0.2) is 4.98 Å². The van der Waals surface area contributed by atoms with Crippen LogP contribution in [0.25, 0.3) is 10.2 Å². The number of nitrogens with zero attached hydrogens (tertiary/aromatic N) is 2. The Hall–Kier alpha value is -1.83. The molecule has 0 fully saturated rings. The van der Waals surface area contributed by atoms with Gasteiger partial charge in [0, 0.05) is 17.7 Å². The molecule has 0 unspecified atom stereocenters. The van der Waals surface area contributed by atoms with E-state index >= 15 is 0 Å². The van der Waals surface area contributed by atoms with Gasteiger partial charge in [0.1, 0.15) is 10.6 Å². The summed E-state index contributed by atoms with van der Waals surface area (Å²) in [4.78, 5) is 20.3. The van der Waals surface area contributed by atoms with Gasteiger partial charge in [0.2, 0.25) is 0 Å². The summed E-state index contributed by atoms with van der Waals surface area (Å²) in [5.74, 6) is 1.63. The Labute approximate surface area is 172 Å². The first kappa shape index (κ1) is 19.5. The number of hydrogen-bond donors (Lipinski definition) is 0. The van der Waals surface area contributed by atoms with Gasteiger partial charge in [0.15, 0.2) is 5.16 Å². The number of para-hydroxylation sites is 1. The van der Waals surface area contributed by atoms with Gasteiger partial charge in [-0.2, -0.15) is 0 Å². The molecular weight excluding hydrogens is 392 g/mol. The highest BCUT2D eigenvalue weighted by Gasteiger charge is 2.23. The number of aromatic nitrogens is 2. The van der Waals surface area contributed by atoms with Gasteiger partial charge >= 0.3 is 0 Å². The topological polar surface area (TPSA) is 53.4 Å². The van der Waals surface area contributed by atoms with Gasteiger partial charge in [-0.05, 0) is 43.4 Å². The van der Waals surface area contributed by atoms with E-state index in [9.17, 15) is 4.79 Å². The van der Waals surface area contributed by atoms with Crippen LogP contribution in [0.4, 0.5) is 0 Å². The molecule has 0 saturated heterocycles. The van der Waals surface area contributed by atoms with Gasteiger partial charge in [-0.3, -0.25) is 9.36 Å². The lowest BCUT2D eigenvalue weighted by molar-refractivity contribution is 0.183. The molecule has 0 bridgehead atoms. The predicted octanol–water partition coefficient (Wildman–Crippen LogP) is 4.07. The van der Waals surface area contributed by atoms with Crippen molar-refractivity contribution in [1.29, 1.82) is 0 Å². The van der Waals surface area contributed by atoms with Crippen LogP contribution in [0, 0.1) is 6.92 Å². The summed E-state index contributed by atoms with van der Waals surface area (Å²) in [6.45, 7) is 3.61. The van der Waals surface area contributed by atoms with E-state index in [0.29, 0.717) is 19.8 Å². The Kier molecular flexibility index (Phi) is 6.04. The summed E-state index contributed by atoms with van der Waals surface area (Å²) >= 11 is 3.26. The molecule has 0 amide bonds. The Morgan fingerprint density at radius 3 is 2.93 bits per heavy atom. The molecule has 2 heterocycles. The van der Waals surface area contributed by atoms with E-state index in [-0.39, 0.29) is 5.56 Å². The van der Waals surface area contributed by atoms with Crippen molar-refractivity contribution >= 4 is 33.3 Å². The third-order valence-corrected chi connectivity index (χ3v) is 7.10. The number of methoxy groups -OCH3 is 1. The fourth-order valence-electron chi connectivity index (χ4n) is 3.55. The zero-order valence-electron chi connectivity index (χ0n) is 16.2. The number of aryl methyl sites for hydroxylation is 3. The van der Waals surface area contributed by atoms with Crippen LogP contribution in [0.1, 0.15) is 22.4 Å². The van der Waals surface area contributed by atoms with Gasteiger partial charge in [0.05, 0.1) is 25.1 Å². The van der Waals surface area contributed by atoms with Gasteiger partial charge in [0.25, 0.3) is 5.56 Å². The van der Waals surface area contributed by atoms with Crippen LogP contribution in [0.2, 0.25) is 0 Å². The smallest absolute Gasteiger partial charge is 0.263 e. The Bertz CT molecular complexity index is 1040. The molecule has 3 aromatic rings. The number of thioether (sulfide) groups is 1. The molecule has 0 saturated carbocycles. The maximum absolute atomic E-state index is 13.2. The third kappa shape index (κ3) is 3.83. The lowest BCUT2D eigenvalue weighted by atomic mass is 10.2. The molecule has 1 aliphatic carbocycles. The predicted molar refractivity (Wildman–Crippen MR) is 115 cm³/mol. The fourth-order valence-corrected chi connectivity index (χ4v) is 5.70. The fraction of sp³-hybridized carbons (Fsp3) is 0.429. The van der Waals surface area contributed by atoms with Crippen molar-refractivity contribution in [3.63, 3.8) is 0 Å². The highest BCUT2D eigenvalue weighted by Crippen LogP contribution is 2.35. The zero-order valence-corrected chi connectivity index (χ0v) is 17.8. The van der Waals surface area contributed by atoms with Crippen molar-refractivity contribution in [2.24, 2.45) is 0 Å². The first-order valence-corrected chi connectivity index (χ1v) is 11.3. The molecule has 0 N–H and O–H groups in total. The molecule has 4 rings (SSSR count). The van der Waals surface area contributed by atoms with Crippen LogP contribution in [0.15, 0.2) is 34.2 Å². The van der Waals surface area contributed by atoms with E-state index in [4.69, 9.17) is 14.5 Å². The Morgan fingerprint density at radius 2 is 2.11 bits per heavy atom. The highest BCUT2D eigenvalue weighted by molar-refractivity contribution is 7.99. The summed E-state index contributed by atoms with van der Waals surface area (Å²) in [5, 5.41) is 1.58. The van der Waals surface area contributed by atoms with Crippen LogP contribution in [0.3, 0.4) is 0 Å². The van der Waals surface area contributed by atoms with Gasteiger partial charge in [-0.1, -0.05) is 30.0 Å². The largest absolute Gasteiger partial charge is 0.492 e. The molecule has 148 valence electrons. The maximum atomic E-state index is 13.2. The minimum Gasteiger partial charge on any atom is -0.492 e. The Balaban J connectivity index is 1.55. The molecule has 0 radical (unpaired) electrons. The molecule has 7 heteroatoms. The van der Waals surface area contributed by atoms with Crippen molar-refractivity contribution in [3.05, 3.63) is 50.6 Å². The first-order chi connectivity index (χ1) is 13.7. The standard InChI is InChI=1S/C21H24N2O3S2/c1-14-6-3-4-8-16(14)26-12-13-27-21-22-19-18(15-7-5-9-17(15)28-19)20(24)23(21)10-11-25-2/h3-4,6,8H,5,7,9-13H2,1-2H3. The lowest BCUT2D eigenvalue weighted by Gasteiger charge is -2.13. The molecule has 1 aromatic carbocycles. The van der Waals surface area contributed by atoms with Crippen molar-refractivity contribution in [3.8, 4) is 5.75 Å². The van der Waals surface area contributed by atoms with Crippen molar-refractivity contribution in [1.82, 2.24) is 9.55 Å². The molecule has 2 aromatic heterocycles. The molecular formula is C21H24N2O3S2. The molecule has 1 aliphatic rings. The minimum absolute atomic E-state index is 0.0729. The van der Waals surface area contributed by atoms with Crippen molar-refractivity contribution in [2.45, 2.75) is 37.9 Å². The van der Waals surface area contributed by atoms with E-state index in [0.717, 1.165) is 51.7 Å². The molecule has 0 spiro atoms. The average molecular weight is 417 g/mol. The average Bonchev–Trinajstić information content (AvgIpc) is 3.27. The van der Waals surface area contributed by atoms with Crippen LogP contribution < -0.4 is 10.3 Å². The lowest BCUT2D eigenvalue weighted by Crippen LogP contribution is -2.25. The number of fused-ring (bicyclic) bond motifs is 3. The number of hydrogen-bond acceptors (Lipinski definition) is 6. The SMILES string of the molecule is COCCn1c(SCCOc2ccccc2C)nc2sc3c(c2c1=O)CCC3. The maximum Gasteiger partial charge on any atom is 0.263 e. The Morgan fingerprint density at radius 1 is 1.25 bits per heavy atom. The summed E-state index contributed by atoms with van der Waals surface area (Å²) in [5.41, 5.74) is 2.42. The third-order valence-electron chi connectivity index (χ3n) is 4.97. The van der Waals surface area contributed by atoms with Crippen LogP contribution >= 0.6 is 23.1 Å². The van der Waals surface area contributed by atoms with Crippen LogP contribution in [-0.2, 0) is 24.1 Å². The van der Waals surface area contributed by atoms with E-state index in [1.54, 1.807) is 34.8 Å². The van der Waals surface area contributed by atoms with E-state index in [1.807, 2.05) is 31.2 Å². The molecule has 5 nitrogen and oxygen atoms in total. The highest BCUT2D eigenvalue weighted by atomic mass is 32.2. The number of benzene rings is 1. The van der Waals surface area contributed by atoms with Gasteiger partial charge in [-0.15, -0.1) is 11.3 Å².